The molecule has 1 aliphatic rings. The highest BCUT2D eigenvalue weighted by atomic mass is 35.5. The summed E-state index contributed by atoms with van der Waals surface area (Å²) in [5.41, 5.74) is 4.01. The lowest BCUT2D eigenvalue weighted by Crippen LogP contribution is -2.03. The van der Waals surface area contributed by atoms with E-state index in [9.17, 15) is 4.79 Å². The summed E-state index contributed by atoms with van der Waals surface area (Å²) in [5.74, 6) is 0.00954. The van der Waals surface area contributed by atoms with Crippen molar-refractivity contribution in [3.8, 4) is 0 Å². The Morgan fingerprint density at radius 3 is 2.61 bits per heavy atom. The first kappa shape index (κ1) is 11.5. The minimum atomic E-state index is 0.00954. The third-order valence-corrected chi connectivity index (χ3v) is 3.81. The van der Waals surface area contributed by atoms with E-state index in [1.165, 1.54) is 17.5 Å². The number of ketones is 1. The lowest BCUT2D eigenvalue weighted by atomic mass is 9.99. The van der Waals surface area contributed by atoms with Gasteiger partial charge in [-0.05, 0) is 48.6 Å². The van der Waals surface area contributed by atoms with E-state index in [1.807, 2.05) is 24.3 Å². The van der Waals surface area contributed by atoms with E-state index in [0.29, 0.717) is 10.6 Å². The number of hydrogen-bond acceptors (Lipinski definition) is 1. The molecule has 2 aromatic rings. The first-order valence-corrected chi connectivity index (χ1v) is 6.54. The van der Waals surface area contributed by atoms with Crippen molar-refractivity contribution >= 4 is 17.4 Å². The summed E-state index contributed by atoms with van der Waals surface area (Å²) in [4.78, 5) is 12.4. The van der Waals surface area contributed by atoms with Gasteiger partial charge in [-0.2, -0.15) is 0 Å². The van der Waals surface area contributed by atoms with Crippen molar-refractivity contribution in [1.82, 2.24) is 0 Å². The maximum absolute atomic E-state index is 12.4. The van der Waals surface area contributed by atoms with Gasteiger partial charge in [-0.15, -0.1) is 0 Å². The minimum Gasteiger partial charge on any atom is -0.289 e. The first-order valence-electron chi connectivity index (χ1n) is 6.17. The van der Waals surface area contributed by atoms with Gasteiger partial charge in [0.25, 0.3) is 0 Å². The third-order valence-electron chi connectivity index (χ3n) is 3.48. The van der Waals surface area contributed by atoms with Crippen molar-refractivity contribution in [3.63, 3.8) is 0 Å². The van der Waals surface area contributed by atoms with Gasteiger partial charge in [-0.1, -0.05) is 35.9 Å². The summed E-state index contributed by atoms with van der Waals surface area (Å²) in [5, 5.41) is 0.517. The third kappa shape index (κ3) is 1.95. The Kier molecular flexibility index (Phi) is 2.92. The molecule has 18 heavy (non-hydrogen) atoms. The molecule has 0 amide bonds. The fourth-order valence-corrected chi connectivity index (χ4v) is 2.74. The van der Waals surface area contributed by atoms with Crippen molar-refractivity contribution < 1.29 is 4.79 Å². The predicted octanol–water partition coefficient (Wildman–Crippen LogP) is 4.06. The predicted molar refractivity (Wildman–Crippen MR) is 73.4 cm³/mol. The Hall–Kier alpha value is -1.60. The molecule has 0 spiro atoms. The largest absolute Gasteiger partial charge is 0.289 e. The van der Waals surface area contributed by atoms with Crippen molar-refractivity contribution in [1.29, 1.82) is 0 Å². The van der Waals surface area contributed by atoms with E-state index in [0.717, 1.165) is 18.4 Å². The molecule has 1 aliphatic carbocycles. The molecule has 2 heteroatoms. The van der Waals surface area contributed by atoms with Gasteiger partial charge in [0.05, 0.1) is 5.02 Å². The standard InChI is InChI=1S/C16H13ClO/c17-15-7-2-1-6-14(15)16(18)13-9-8-11-4-3-5-12(11)10-13/h1-2,6-10H,3-5H2. The molecule has 0 atom stereocenters. The maximum atomic E-state index is 12.4. The molecule has 0 aromatic heterocycles. The molecule has 0 aliphatic heterocycles. The highest BCUT2D eigenvalue weighted by Gasteiger charge is 2.16. The second-order valence-electron chi connectivity index (χ2n) is 4.65. The lowest BCUT2D eigenvalue weighted by Gasteiger charge is -2.06. The summed E-state index contributed by atoms with van der Waals surface area (Å²) >= 11 is 6.07. The topological polar surface area (TPSA) is 17.1 Å². The minimum absolute atomic E-state index is 0.00954. The summed E-state index contributed by atoms with van der Waals surface area (Å²) in [6.07, 6.45) is 3.41. The van der Waals surface area contributed by atoms with E-state index >= 15 is 0 Å². The van der Waals surface area contributed by atoms with Crippen LogP contribution in [0.15, 0.2) is 42.5 Å². The number of hydrogen-bond donors (Lipinski definition) is 0. The summed E-state index contributed by atoms with van der Waals surface area (Å²) < 4.78 is 0. The molecule has 90 valence electrons. The van der Waals surface area contributed by atoms with Crippen LogP contribution in [0.25, 0.3) is 0 Å². The average molecular weight is 257 g/mol. The van der Waals surface area contributed by atoms with Gasteiger partial charge in [0.15, 0.2) is 5.78 Å². The number of carbonyl (C=O) groups excluding carboxylic acids is 1. The van der Waals surface area contributed by atoms with Crippen molar-refractivity contribution in [2.75, 3.05) is 0 Å². The first-order chi connectivity index (χ1) is 8.75. The molecular formula is C16H13ClO. The summed E-state index contributed by atoms with van der Waals surface area (Å²) in [7, 11) is 0. The number of halogens is 1. The van der Waals surface area contributed by atoms with Crippen LogP contribution in [0.3, 0.4) is 0 Å². The normalized spacial score (nSPS) is 13.4. The maximum Gasteiger partial charge on any atom is 0.194 e. The lowest BCUT2D eigenvalue weighted by molar-refractivity contribution is 0.103. The Bertz CT molecular complexity index is 616. The zero-order chi connectivity index (χ0) is 12.5. The molecule has 0 fully saturated rings. The van der Waals surface area contributed by atoms with Crippen LogP contribution in [0.5, 0.6) is 0 Å². The summed E-state index contributed by atoms with van der Waals surface area (Å²) in [6, 6.07) is 13.2. The van der Waals surface area contributed by atoms with Gasteiger partial charge < -0.3 is 0 Å². The molecule has 0 saturated heterocycles. The fourth-order valence-electron chi connectivity index (χ4n) is 2.51. The van der Waals surface area contributed by atoms with E-state index < -0.39 is 0 Å². The smallest absolute Gasteiger partial charge is 0.194 e. The SMILES string of the molecule is O=C(c1ccc2c(c1)CCC2)c1ccccc1Cl. The van der Waals surface area contributed by atoms with Gasteiger partial charge in [0, 0.05) is 11.1 Å². The molecule has 0 unspecified atom stereocenters. The Balaban J connectivity index is 2.01. The molecule has 0 N–H and O–H groups in total. The molecule has 2 aromatic carbocycles. The van der Waals surface area contributed by atoms with Crippen LogP contribution in [-0.2, 0) is 12.8 Å². The molecule has 0 radical (unpaired) electrons. The number of carbonyl (C=O) groups is 1. The molecular weight excluding hydrogens is 244 g/mol. The number of rotatable bonds is 2. The van der Waals surface area contributed by atoms with Gasteiger partial charge in [0.2, 0.25) is 0 Å². The second kappa shape index (κ2) is 4.58. The number of fused-ring (bicyclic) bond motifs is 1. The van der Waals surface area contributed by atoms with Crippen molar-refractivity contribution in [2.45, 2.75) is 19.3 Å². The zero-order valence-corrected chi connectivity index (χ0v) is 10.7. The van der Waals surface area contributed by atoms with E-state index in [2.05, 4.69) is 6.07 Å². The van der Waals surface area contributed by atoms with Crippen molar-refractivity contribution in [3.05, 3.63) is 69.7 Å². The fraction of sp³-hybridized carbons (Fsp3) is 0.188. The molecule has 3 rings (SSSR count). The van der Waals surface area contributed by atoms with Crippen molar-refractivity contribution in [2.24, 2.45) is 0 Å². The van der Waals surface area contributed by atoms with Crippen LogP contribution in [0.4, 0.5) is 0 Å². The van der Waals surface area contributed by atoms with Crippen LogP contribution >= 0.6 is 11.6 Å². The monoisotopic (exact) mass is 256 g/mol. The van der Waals surface area contributed by atoms with E-state index in [4.69, 9.17) is 11.6 Å². The molecule has 0 saturated carbocycles. The molecule has 0 heterocycles. The Morgan fingerprint density at radius 2 is 1.78 bits per heavy atom. The average Bonchev–Trinajstić information content (AvgIpc) is 2.85. The van der Waals surface area contributed by atoms with Gasteiger partial charge in [-0.3, -0.25) is 4.79 Å². The highest BCUT2D eigenvalue weighted by Crippen LogP contribution is 2.25. The van der Waals surface area contributed by atoms with Crippen LogP contribution in [0, 0.1) is 0 Å². The van der Waals surface area contributed by atoms with Gasteiger partial charge in [-0.25, -0.2) is 0 Å². The van der Waals surface area contributed by atoms with Crippen LogP contribution in [-0.4, -0.2) is 5.78 Å². The van der Waals surface area contributed by atoms with Crippen LogP contribution < -0.4 is 0 Å². The summed E-state index contributed by atoms with van der Waals surface area (Å²) in [6.45, 7) is 0. The highest BCUT2D eigenvalue weighted by molar-refractivity contribution is 6.34. The van der Waals surface area contributed by atoms with E-state index in [-0.39, 0.29) is 5.78 Å². The van der Waals surface area contributed by atoms with Crippen LogP contribution in [0.1, 0.15) is 33.5 Å². The van der Waals surface area contributed by atoms with Gasteiger partial charge >= 0.3 is 0 Å². The Labute approximate surface area is 111 Å². The van der Waals surface area contributed by atoms with E-state index in [1.54, 1.807) is 12.1 Å². The molecule has 1 nitrogen and oxygen atoms in total. The Morgan fingerprint density at radius 1 is 1.00 bits per heavy atom. The second-order valence-corrected chi connectivity index (χ2v) is 5.05. The van der Waals surface area contributed by atoms with Gasteiger partial charge in [0.1, 0.15) is 0 Å². The number of benzene rings is 2. The number of aryl methyl sites for hydroxylation is 2. The quantitative estimate of drug-likeness (QED) is 0.741. The zero-order valence-electron chi connectivity index (χ0n) is 9.95. The van der Waals surface area contributed by atoms with Crippen LogP contribution in [0.2, 0.25) is 5.02 Å². The molecule has 0 bridgehead atoms.